The lowest BCUT2D eigenvalue weighted by atomic mass is 10.1. The summed E-state index contributed by atoms with van der Waals surface area (Å²) in [6.45, 7) is 5.87. The molecular weight excluding hydrogens is 388 g/mol. The molecule has 29 heavy (non-hydrogen) atoms. The number of halogens is 1. The largest absolute Gasteiger partial charge is 0.382 e. The van der Waals surface area contributed by atoms with Gasteiger partial charge in [0.05, 0.1) is 6.42 Å². The lowest BCUT2D eigenvalue weighted by molar-refractivity contribution is -0.140. The van der Waals surface area contributed by atoms with Crippen molar-refractivity contribution >= 4 is 23.4 Å². The van der Waals surface area contributed by atoms with Gasteiger partial charge in [0, 0.05) is 31.3 Å². The first-order chi connectivity index (χ1) is 14.0. The van der Waals surface area contributed by atoms with Crippen LogP contribution in [0.15, 0.2) is 54.6 Å². The van der Waals surface area contributed by atoms with Crippen molar-refractivity contribution in [2.24, 2.45) is 0 Å². The average Bonchev–Trinajstić information content (AvgIpc) is 2.73. The molecule has 2 amide bonds. The summed E-state index contributed by atoms with van der Waals surface area (Å²) in [4.78, 5) is 27.3. The number of benzene rings is 2. The summed E-state index contributed by atoms with van der Waals surface area (Å²) in [5.74, 6) is -0.268. The van der Waals surface area contributed by atoms with Gasteiger partial charge in [-0.15, -0.1) is 0 Å². The molecule has 0 bridgehead atoms. The Labute approximate surface area is 178 Å². The van der Waals surface area contributed by atoms with Crippen molar-refractivity contribution in [1.29, 1.82) is 0 Å². The maximum Gasteiger partial charge on any atom is 0.242 e. The van der Waals surface area contributed by atoms with Gasteiger partial charge in [-0.05, 0) is 43.5 Å². The molecule has 5 nitrogen and oxygen atoms in total. The number of carbonyl (C=O) groups is 2. The molecule has 2 aromatic carbocycles. The van der Waals surface area contributed by atoms with Gasteiger partial charge in [0.2, 0.25) is 11.8 Å². The molecule has 1 N–H and O–H groups in total. The third kappa shape index (κ3) is 7.87. The van der Waals surface area contributed by atoms with Gasteiger partial charge >= 0.3 is 0 Å². The highest BCUT2D eigenvalue weighted by Crippen LogP contribution is 2.14. The average molecular weight is 417 g/mol. The minimum absolute atomic E-state index is 0.104. The molecule has 0 saturated heterocycles. The molecule has 0 heterocycles. The van der Waals surface area contributed by atoms with Crippen molar-refractivity contribution in [3.05, 3.63) is 70.7 Å². The van der Waals surface area contributed by atoms with Crippen LogP contribution in [0.2, 0.25) is 5.02 Å². The lowest BCUT2D eigenvalue weighted by Crippen LogP contribution is -2.48. The summed E-state index contributed by atoms with van der Waals surface area (Å²) < 4.78 is 5.29. The Balaban J connectivity index is 2.05. The first-order valence-electron chi connectivity index (χ1n) is 9.94. The number of amides is 2. The Morgan fingerprint density at radius 2 is 1.76 bits per heavy atom. The van der Waals surface area contributed by atoms with Crippen LogP contribution in [0.25, 0.3) is 0 Å². The van der Waals surface area contributed by atoms with Crippen molar-refractivity contribution < 1.29 is 14.3 Å². The van der Waals surface area contributed by atoms with Gasteiger partial charge in [0.15, 0.2) is 0 Å². The highest BCUT2D eigenvalue weighted by molar-refractivity contribution is 6.30. The van der Waals surface area contributed by atoms with E-state index in [2.05, 4.69) is 5.32 Å². The van der Waals surface area contributed by atoms with Crippen LogP contribution in [0.3, 0.4) is 0 Å². The Bertz CT molecular complexity index is 765. The smallest absolute Gasteiger partial charge is 0.242 e. The van der Waals surface area contributed by atoms with Crippen LogP contribution < -0.4 is 5.32 Å². The molecule has 1 atom stereocenters. The molecule has 0 radical (unpaired) electrons. The van der Waals surface area contributed by atoms with E-state index in [9.17, 15) is 9.59 Å². The fourth-order valence-corrected chi connectivity index (χ4v) is 3.05. The molecule has 0 spiro atoms. The molecule has 0 fully saturated rings. The summed E-state index contributed by atoms with van der Waals surface area (Å²) in [5.41, 5.74) is 1.84. The maximum atomic E-state index is 13.1. The monoisotopic (exact) mass is 416 g/mol. The van der Waals surface area contributed by atoms with Crippen LogP contribution in [0, 0.1) is 0 Å². The van der Waals surface area contributed by atoms with Crippen LogP contribution in [-0.4, -0.2) is 42.5 Å². The molecule has 0 aromatic heterocycles. The van der Waals surface area contributed by atoms with E-state index in [0.717, 1.165) is 17.5 Å². The SMILES string of the molecule is CCOCCCNC(=O)[C@H](C)N(Cc1ccccc1)C(=O)Cc1ccc(Cl)cc1. The Morgan fingerprint density at radius 3 is 2.41 bits per heavy atom. The van der Waals surface area contributed by atoms with E-state index in [0.29, 0.717) is 31.3 Å². The summed E-state index contributed by atoms with van der Waals surface area (Å²) in [5, 5.41) is 3.53. The van der Waals surface area contributed by atoms with E-state index >= 15 is 0 Å². The topological polar surface area (TPSA) is 58.6 Å². The quantitative estimate of drug-likeness (QED) is 0.566. The molecular formula is C23H29ClN2O3. The van der Waals surface area contributed by atoms with Crippen LogP contribution in [0.1, 0.15) is 31.4 Å². The summed E-state index contributed by atoms with van der Waals surface area (Å²) in [6.07, 6.45) is 0.954. The fourth-order valence-electron chi connectivity index (χ4n) is 2.92. The van der Waals surface area contributed by atoms with Crippen LogP contribution in [0.5, 0.6) is 0 Å². The number of rotatable bonds is 11. The molecule has 156 valence electrons. The van der Waals surface area contributed by atoms with Gasteiger partial charge in [0.1, 0.15) is 6.04 Å². The minimum atomic E-state index is -0.581. The molecule has 0 aliphatic heterocycles. The first kappa shape index (κ1) is 22.9. The van der Waals surface area contributed by atoms with Gasteiger partial charge in [0.25, 0.3) is 0 Å². The van der Waals surface area contributed by atoms with E-state index in [4.69, 9.17) is 16.3 Å². The Kier molecular flexibility index (Phi) is 9.68. The number of hydrogen-bond donors (Lipinski definition) is 1. The van der Waals surface area contributed by atoms with Crippen LogP contribution >= 0.6 is 11.6 Å². The van der Waals surface area contributed by atoms with Crippen molar-refractivity contribution in [2.75, 3.05) is 19.8 Å². The highest BCUT2D eigenvalue weighted by Gasteiger charge is 2.26. The summed E-state index contributed by atoms with van der Waals surface area (Å²) >= 11 is 5.93. The molecule has 0 saturated carbocycles. The van der Waals surface area contributed by atoms with E-state index in [-0.39, 0.29) is 18.2 Å². The zero-order valence-corrected chi connectivity index (χ0v) is 17.8. The highest BCUT2D eigenvalue weighted by atomic mass is 35.5. The van der Waals surface area contributed by atoms with E-state index in [1.165, 1.54) is 0 Å². The van der Waals surface area contributed by atoms with Crippen LogP contribution in [-0.2, 0) is 27.3 Å². The zero-order chi connectivity index (χ0) is 21.1. The maximum absolute atomic E-state index is 13.1. The second kappa shape index (κ2) is 12.2. The third-order valence-electron chi connectivity index (χ3n) is 4.60. The second-order valence-electron chi connectivity index (χ2n) is 6.83. The van der Waals surface area contributed by atoms with Gasteiger partial charge in [-0.1, -0.05) is 54.1 Å². The van der Waals surface area contributed by atoms with Crippen LogP contribution in [0.4, 0.5) is 0 Å². The minimum Gasteiger partial charge on any atom is -0.382 e. The Morgan fingerprint density at radius 1 is 1.07 bits per heavy atom. The number of carbonyl (C=O) groups excluding carboxylic acids is 2. The summed E-state index contributed by atoms with van der Waals surface area (Å²) in [6, 6.07) is 16.3. The van der Waals surface area contributed by atoms with E-state index in [1.807, 2.05) is 49.4 Å². The predicted octanol–water partition coefficient (Wildman–Crippen LogP) is 3.84. The molecule has 0 aliphatic carbocycles. The number of hydrogen-bond acceptors (Lipinski definition) is 3. The molecule has 2 aromatic rings. The van der Waals surface area contributed by atoms with Crippen molar-refractivity contribution in [3.63, 3.8) is 0 Å². The first-order valence-corrected chi connectivity index (χ1v) is 10.3. The zero-order valence-electron chi connectivity index (χ0n) is 17.1. The van der Waals surface area contributed by atoms with Gasteiger partial charge in [-0.2, -0.15) is 0 Å². The normalized spacial score (nSPS) is 11.7. The molecule has 0 aliphatic rings. The number of ether oxygens (including phenoxy) is 1. The van der Waals surface area contributed by atoms with E-state index < -0.39 is 6.04 Å². The fraction of sp³-hybridized carbons (Fsp3) is 0.391. The molecule has 0 unspecified atom stereocenters. The van der Waals surface area contributed by atoms with E-state index in [1.54, 1.807) is 24.0 Å². The van der Waals surface area contributed by atoms with Gasteiger partial charge in [-0.25, -0.2) is 0 Å². The number of nitrogens with zero attached hydrogens (tertiary/aromatic N) is 1. The lowest BCUT2D eigenvalue weighted by Gasteiger charge is -2.29. The molecule has 2 rings (SSSR count). The Hall–Kier alpha value is -2.37. The summed E-state index contributed by atoms with van der Waals surface area (Å²) in [7, 11) is 0. The number of nitrogens with one attached hydrogen (secondary N) is 1. The van der Waals surface area contributed by atoms with Crippen molar-refractivity contribution in [2.45, 2.75) is 39.3 Å². The predicted molar refractivity (Wildman–Crippen MR) is 116 cm³/mol. The second-order valence-corrected chi connectivity index (χ2v) is 7.26. The van der Waals surface area contributed by atoms with Gasteiger partial charge in [-0.3, -0.25) is 9.59 Å². The van der Waals surface area contributed by atoms with Crippen molar-refractivity contribution in [3.8, 4) is 0 Å². The standard InChI is InChI=1S/C23H29ClN2O3/c1-3-29-15-7-14-25-23(28)18(2)26(17-20-8-5-4-6-9-20)22(27)16-19-10-12-21(24)13-11-19/h4-6,8-13,18H,3,7,14-17H2,1-2H3,(H,25,28)/t18-/m0/s1. The molecule has 6 heteroatoms. The van der Waals surface area contributed by atoms with Crippen molar-refractivity contribution in [1.82, 2.24) is 10.2 Å². The third-order valence-corrected chi connectivity index (χ3v) is 4.85. The van der Waals surface area contributed by atoms with Gasteiger partial charge < -0.3 is 15.0 Å².